The second-order valence-electron chi connectivity index (χ2n) is 13.6. The molecule has 1 saturated heterocycles. The molecule has 0 bridgehead atoms. The zero-order chi connectivity index (χ0) is 38.3. The molecule has 15 heteroatoms. The summed E-state index contributed by atoms with van der Waals surface area (Å²) >= 11 is 2.97. The molecule has 0 radical (unpaired) electrons. The summed E-state index contributed by atoms with van der Waals surface area (Å²) in [5.74, 6) is -0.0815. The standard InChI is InChI=1S/C39H49N7O6S2/c1-27(2)36-42-32(25-53-36)23-45(3)37(48)44-34(16-17-46-18-19-51-39(46)50)35(47)41-30(20-28-10-6-4-7-11-28)14-15-31(21-29-12-8-5-9-13-29)43-38(49)52-24-33-22-40-26-54-33/h4-13,22,25-27,30-31,34H,14-21,23-24H2,1-3H3,(H,41,47)(H,43,49)(H,44,48)/t30-,31-,34-/m0/s1. The summed E-state index contributed by atoms with van der Waals surface area (Å²) in [6.45, 7) is 5.49. The van der Waals surface area contributed by atoms with Gasteiger partial charge in [0.1, 0.15) is 19.3 Å². The molecule has 2 aromatic heterocycles. The van der Waals surface area contributed by atoms with E-state index >= 15 is 0 Å². The second kappa shape index (κ2) is 20.4. The van der Waals surface area contributed by atoms with E-state index in [0.717, 1.165) is 26.7 Å². The first-order valence-electron chi connectivity index (χ1n) is 18.2. The minimum atomic E-state index is -0.937. The maximum Gasteiger partial charge on any atom is 0.409 e. The van der Waals surface area contributed by atoms with Gasteiger partial charge in [-0.1, -0.05) is 74.5 Å². The van der Waals surface area contributed by atoms with Crippen LogP contribution >= 0.6 is 22.7 Å². The number of rotatable bonds is 19. The minimum Gasteiger partial charge on any atom is -0.448 e. The Morgan fingerprint density at radius 3 is 2.17 bits per heavy atom. The second-order valence-corrected chi connectivity index (χ2v) is 15.5. The number of alkyl carbamates (subject to hydrolysis) is 1. The molecule has 0 unspecified atom stereocenters. The smallest absolute Gasteiger partial charge is 0.409 e. The van der Waals surface area contributed by atoms with Crippen molar-refractivity contribution in [3.63, 3.8) is 0 Å². The summed E-state index contributed by atoms with van der Waals surface area (Å²) in [7, 11) is 1.66. The number of ether oxygens (including phenoxy) is 2. The van der Waals surface area contributed by atoms with Crippen LogP contribution in [0.3, 0.4) is 0 Å². The number of aromatic nitrogens is 2. The Hall–Kier alpha value is -5.02. The van der Waals surface area contributed by atoms with Crippen LogP contribution in [-0.2, 0) is 40.3 Å². The van der Waals surface area contributed by atoms with Crippen LogP contribution in [0.25, 0.3) is 0 Å². The van der Waals surface area contributed by atoms with Crippen molar-refractivity contribution >= 4 is 46.8 Å². The predicted molar refractivity (Wildman–Crippen MR) is 208 cm³/mol. The van der Waals surface area contributed by atoms with Crippen LogP contribution in [-0.4, -0.2) is 88.8 Å². The molecule has 5 amide bonds. The summed E-state index contributed by atoms with van der Waals surface area (Å²) in [6, 6.07) is 17.7. The van der Waals surface area contributed by atoms with Gasteiger partial charge in [-0.25, -0.2) is 19.4 Å². The van der Waals surface area contributed by atoms with E-state index in [1.165, 1.54) is 21.1 Å². The van der Waals surface area contributed by atoms with E-state index in [1.54, 1.807) is 30.1 Å². The summed E-state index contributed by atoms with van der Waals surface area (Å²) in [5, 5.41) is 12.1. The largest absolute Gasteiger partial charge is 0.448 e. The molecule has 4 aromatic rings. The molecular weight excluding hydrogens is 727 g/mol. The van der Waals surface area contributed by atoms with E-state index in [-0.39, 0.29) is 56.6 Å². The van der Waals surface area contributed by atoms with Crippen LogP contribution in [0.2, 0.25) is 0 Å². The number of amides is 5. The van der Waals surface area contributed by atoms with Crippen LogP contribution in [0.1, 0.15) is 65.7 Å². The molecular formula is C39H49N7O6S2. The zero-order valence-corrected chi connectivity index (χ0v) is 32.6. The molecule has 0 aliphatic carbocycles. The Morgan fingerprint density at radius 1 is 0.926 bits per heavy atom. The Kier molecular flexibility index (Phi) is 15.2. The van der Waals surface area contributed by atoms with E-state index in [1.807, 2.05) is 66.0 Å². The molecule has 0 saturated carbocycles. The molecule has 3 heterocycles. The van der Waals surface area contributed by atoms with Gasteiger partial charge in [0.2, 0.25) is 5.91 Å². The number of benzene rings is 2. The number of carbonyl (C=O) groups is 4. The van der Waals surface area contributed by atoms with Gasteiger partial charge in [-0.15, -0.1) is 22.7 Å². The average molecular weight is 776 g/mol. The number of hydrogen-bond donors (Lipinski definition) is 3. The zero-order valence-electron chi connectivity index (χ0n) is 30.9. The number of urea groups is 1. The lowest BCUT2D eigenvalue weighted by molar-refractivity contribution is -0.124. The van der Waals surface area contributed by atoms with Crippen LogP contribution < -0.4 is 16.0 Å². The van der Waals surface area contributed by atoms with Gasteiger partial charge in [0.25, 0.3) is 0 Å². The van der Waals surface area contributed by atoms with E-state index in [9.17, 15) is 19.2 Å². The van der Waals surface area contributed by atoms with Gasteiger partial charge in [-0.3, -0.25) is 9.78 Å². The monoisotopic (exact) mass is 775 g/mol. The highest BCUT2D eigenvalue weighted by Gasteiger charge is 2.29. The summed E-state index contributed by atoms with van der Waals surface area (Å²) < 4.78 is 10.6. The molecule has 3 atom stereocenters. The van der Waals surface area contributed by atoms with Crippen molar-refractivity contribution in [2.24, 2.45) is 0 Å². The van der Waals surface area contributed by atoms with Gasteiger partial charge in [-0.05, 0) is 43.2 Å². The van der Waals surface area contributed by atoms with Crippen molar-refractivity contribution in [1.82, 2.24) is 35.7 Å². The van der Waals surface area contributed by atoms with Gasteiger partial charge in [-0.2, -0.15) is 0 Å². The number of cyclic esters (lactones) is 1. The Bertz CT molecular complexity index is 1770. The summed E-state index contributed by atoms with van der Waals surface area (Å²) in [5.41, 5.74) is 4.55. The first-order chi connectivity index (χ1) is 26.1. The fourth-order valence-corrected chi connectivity index (χ4v) is 7.36. The molecule has 288 valence electrons. The summed E-state index contributed by atoms with van der Waals surface area (Å²) in [6.07, 6.45) is 3.05. The van der Waals surface area contributed by atoms with Crippen molar-refractivity contribution in [3.05, 3.63) is 104 Å². The molecule has 13 nitrogen and oxygen atoms in total. The van der Waals surface area contributed by atoms with E-state index in [2.05, 4.69) is 39.8 Å². The molecule has 1 aliphatic rings. The third kappa shape index (κ3) is 12.8. The van der Waals surface area contributed by atoms with Crippen molar-refractivity contribution in [3.8, 4) is 0 Å². The molecule has 1 fully saturated rings. The molecule has 1 aliphatic heterocycles. The number of thiazole rings is 2. The quantitative estimate of drug-likeness (QED) is 0.103. The number of hydrogen-bond acceptors (Lipinski definition) is 10. The maximum absolute atomic E-state index is 14.2. The van der Waals surface area contributed by atoms with E-state index in [0.29, 0.717) is 32.2 Å². The SMILES string of the molecule is CC(C)c1nc(CN(C)C(=O)N[C@@H](CCN2CCOC2=O)C(=O)N[C@@H](CC[C@@H](Cc2ccccc2)NC(=O)OCc2cncs2)Cc2ccccc2)cs1. The lowest BCUT2D eigenvalue weighted by atomic mass is 9.95. The molecule has 54 heavy (non-hydrogen) atoms. The molecule has 2 aromatic carbocycles. The third-order valence-corrected chi connectivity index (χ3v) is 10.9. The highest BCUT2D eigenvalue weighted by atomic mass is 32.1. The van der Waals surface area contributed by atoms with Gasteiger partial charge in [0, 0.05) is 43.2 Å². The Morgan fingerprint density at radius 2 is 1.59 bits per heavy atom. The van der Waals surface area contributed by atoms with Crippen LogP contribution in [0.4, 0.5) is 14.4 Å². The van der Waals surface area contributed by atoms with Crippen molar-refractivity contribution in [1.29, 1.82) is 0 Å². The lowest BCUT2D eigenvalue weighted by Crippen LogP contribution is -2.53. The molecule has 0 spiro atoms. The average Bonchev–Trinajstić information content (AvgIpc) is 3.95. The van der Waals surface area contributed by atoms with Gasteiger partial charge in [0.15, 0.2) is 0 Å². The van der Waals surface area contributed by atoms with E-state index < -0.39 is 24.3 Å². The van der Waals surface area contributed by atoms with Gasteiger partial charge >= 0.3 is 18.2 Å². The van der Waals surface area contributed by atoms with Gasteiger partial charge in [0.05, 0.1) is 34.2 Å². The maximum atomic E-state index is 14.2. The predicted octanol–water partition coefficient (Wildman–Crippen LogP) is 6.12. The topological polar surface area (TPSA) is 155 Å². The normalized spacial score (nSPS) is 14.2. The highest BCUT2D eigenvalue weighted by molar-refractivity contribution is 7.09. The van der Waals surface area contributed by atoms with Gasteiger partial charge < -0.3 is 35.2 Å². The number of nitrogens with zero attached hydrogens (tertiary/aromatic N) is 4. The molecule has 5 rings (SSSR count). The first-order valence-corrected chi connectivity index (χ1v) is 20.0. The fourth-order valence-electron chi connectivity index (χ4n) is 6.03. The van der Waals surface area contributed by atoms with Crippen LogP contribution in [0.15, 0.2) is 77.8 Å². The van der Waals surface area contributed by atoms with Crippen molar-refractivity contribution in [2.75, 3.05) is 26.7 Å². The van der Waals surface area contributed by atoms with Crippen molar-refractivity contribution in [2.45, 2.75) is 83.1 Å². The minimum absolute atomic E-state index is 0.126. The molecule has 3 N–H and O–H groups in total. The lowest BCUT2D eigenvalue weighted by Gasteiger charge is -2.27. The first kappa shape index (κ1) is 40.2. The highest BCUT2D eigenvalue weighted by Crippen LogP contribution is 2.20. The van der Waals surface area contributed by atoms with Crippen molar-refractivity contribution < 1.29 is 28.7 Å². The fraction of sp³-hybridized carbons (Fsp3) is 0.436. The number of carbonyl (C=O) groups excluding carboxylic acids is 4. The van der Waals surface area contributed by atoms with E-state index in [4.69, 9.17) is 9.47 Å². The summed E-state index contributed by atoms with van der Waals surface area (Å²) in [4.78, 5) is 65.4. The Balaban J connectivity index is 1.28. The Labute approximate surface area is 324 Å². The number of nitrogens with one attached hydrogen (secondary N) is 3. The third-order valence-electron chi connectivity index (χ3n) is 8.97. The van der Waals surface area contributed by atoms with Crippen LogP contribution in [0.5, 0.6) is 0 Å². The van der Waals surface area contributed by atoms with Crippen LogP contribution in [0, 0.1) is 0 Å².